The summed E-state index contributed by atoms with van der Waals surface area (Å²) < 4.78 is 1.71. The highest BCUT2D eigenvalue weighted by Crippen LogP contribution is 2.19. The molecule has 0 aliphatic rings. The quantitative estimate of drug-likeness (QED) is 0.761. The molecule has 3 aromatic heterocycles. The summed E-state index contributed by atoms with van der Waals surface area (Å²) >= 11 is 0. The molecule has 0 atom stereocenters. The molecule has 0 bridgehead atoms. The smallest absolute Gasteiger partial charge is 0.356 e. The van der Waals surface area contributed by atoms with Crippen LogP contribution in [0.25, 0.3) is 16.8 Å². The molecule has 0 spiro atoms. The molecule has 0 unspecified atom stereocenters. The summed E-state index contributed by atoms with van der Waals surface area (Å²) in [6, 6.07) is 7.62. The van der Waals surface area contributed by atoms with Gasteiger partial charge in [-0.1, -0.05) is 6.07 Å². The number of nitrogens with zero attached hydrogens (tertiary/aromatic N) is 3. The maximum absolute atomic E-state index is 10.9. The first kappa shape index (κ1) is 11.4. The van der Waals surface area contributed by atoms with Crippen molar-refractivity contribution in [3.8, 4) is 11.1 Å². The molecule has 0 radical (unpaired) electrons. The monoisotopic (exact) mass is 253 g/mol. The van der Waals surface area contributed by atoms with Gasteiger partial charge in [-0.15, -0.1) is 0 Å². The van der Waals surface area contributed by atoms with E-state index in [-0.39, 0.29) is 5.69 Å². The van der Waals surface area contributed by atoms with Crippen molar-refractivity contribution in [1.29, 1.82) is 0 Å². The minimum Gasteiger partial charge on any atom is -0.476 e. The zero-order chi connectivity index (χ0) is 13.4. The Balaban J connectivity index is 2.10. The van der Waals surface area contributed by atoms with E-state index in [0.29, 0.717) is 5.65 Å². The second-order valence-corrected chi connectivity index (χ2v) is 4.30. The molecule has 5 heteroatoms. The average molecular weight is 253 g/mol. The molecular formula is C14H11N3O2. The summed E-state index contributed by atoms with van der Waals surface area (Å²) in [5.41, 5.74) is 3.56. The van der Waals surface area contributed by atoms with Gasteiger partial charge >= 0.3 is 5.97 Å². The van der Waals surface area contributed by atoms with Crippen molar-refractivity contribution in [1.82, 2.24) is 14.4 Å². The van der Waals surface area contributed by atoms with Crippen LogP contribution in [-0.4, -0.2) is 25.4 Å². The van der Waals surface area contributed by atoms with Crippen LogP contribution in [0.4, 0.5) is 0 Å². The predicted molar refractivity (Wildman–Crippen MR) is 70.1 cm³/mol. The number of hydrogen-bond donors (Lipinski definition) is 1. The number of fused-ring (bicyclic) bond motifs is 1. The van der Waals surface area contributed by atoms with Crippen LogP contribution in [0, 0.1) is 6.92 Å². The van der Waals surface area contributed by atoms with E-state index >= 15 is 0 Å². The van der Waals surface area contributed by atoms with E-state index in [9.17, 15) is 4.79 Å². The third kappa shape index (κ3) is 2.06. The van der Waals surface area contributed by atoms with Gasteiger partial charge < -0.3 is 9.51 Å². The molecule has 0 aliphatic carbocycles. The number of pyridine rings is 2. The second kappa shape index (κ2) is 4.20. The topological polar surface area (TPSA) is 67.5 Å². The maximum atomic E-state index is 10.9. The van der Waals surface area contributed by atoms with E-state index in [0.717, 1.165) is 16.8 Å². The van der Waals surface area contributed by atoms with Gasteiger partial charge in [-0.3, -0.25) is 4.98 Å². The number of rotatable bonds is 2. The fourth-order valence-corrected chi connectivity index (χ4v) is 1.90. The summed E-state index contributed by atoms with van der Waals surface area (Å²) in [7, 11) is 0. The van der Waals surface area contributed by atoms with Crippen LogP contribution in [0.3, 0.4) is 0 Å². The fourth-order valence-electron chi connectivity index (χ4n) is 1.90. The van der Waals surface area contributed by atoms with Crippen molar-refractivity contribution in [3.05, 3.63) is 54.2 Å². The average Bonchev–Trinajstić information content (AvgIpc) is 2.82. The fraction of sp³-hybridized carbons (Fsp3) is 0.0714. The maximum Gasteiger partial charge on any atom is 0.356 e. The highest BCUT2D eigenvalue weighted by molar-refractivity contribution is 5.86. The Bertz CT molecular complexity index is 760. The lowest BCUT2D eigenvalue weighted by atomic mass is 10.1. The normalized spacial score (nSPS) is 10.8. The molecule has 0 saturated heterocycles. The molecule has 3 heterocycles. The number of aromatic nitrogens is 3. The van der Waals surface area contributed by atoms with E-state index in [1.54, 1.807) is 16.7 Å². The van der Waals surface area contributed by atoms with E-state index in [1.807, 2.05) is 31.3 Å². The number of aromatic carboxylic acids is 1. The lowest BCUT2D eigenvalue weighted by Gasteiger charge is -2.02. The van der Waals surface area contributed by atoms with Crippen LogP contribution in [0.2, 0.25) is 0 Å². The van der Waals surface area contributed by atoms with Crippen LogP contribution in [0.1, 0.15) is 16.2 Å². The van der Waals surface area contributed by atoms with Gasteiger partial charge in [0, 0.05) is 29.8 Å². The van der Waals surface area contributed by atoms with Gasteiger partial charge in [0.15, 0.2) is 5.69 Å². The molecular weight excluding hydrogens is 242 g/mol. The van der Waals surface area contributed by atoms with Crippen LogP contribution in [0.15, 0.2) is 42.9 Å². The molecule has 94 valence electrons. The Kier molecular flexibility index (Phi) is 2.52. The van der Waals surface area contributed by atoms with Crippen LogP contribution in [0.5, 0.6) is 0 Å². The van der Waals surface area contributed by atoms with E-state index in [1.165, 1.54) is 6.20 Å². The molecule has 3 rings (SSSR count). The Labute approximate surface area is 109 Å². The standard InChI is InChI=1S/C14H11N3O2/c1-9-2-3-10(6-15-9)11-4-5-13-16-12(14(18)19)8-17(13)7-11/h2-8H,1H3,(H,18,19). The number of carbonyl (C=O) groups is 1. The number of carboxylic acids is 1. The van der Waals surface area contributed by atoms with Crippen molar-refractivity contribution >= 4 is 11.6 Å². The van der Waals surface area contributed by atoms with Gasteiger partial charge in [0.2, 0.25) is 0 Å². The van der Waals surface area contributed by atoms with Crippen molar-refractivity contribution < 1.29 is 9.90 Å². The molecule has 0 fully saturated rings. The van der Waals surface area contributed by atoms with Gasteiger partial charge in [0.1, 0.15) is 5.65 Å². The first-order valence-corrected chi connectivity index (χ1v) is 5.78. The van der Waals surface area contributed by atoms with Crippen molar-refractivity contribution in [2.75, 3.05) is 0 Å². The van der Waals surface area contributed by atoms with E-state index in [2.05, 4.69) is 9.97 Å². The van der Waals surface area contributed by atoms with Gasteiger partial charge in [0.25, 0.3) is 0 Å². The van der Waals surface area contributed by atoms with Crippen LogP contribution < -0.4 is 0 Å². The predicted octanol–water partition coefficient (Wildman–Crippen LogP) is 2.40. The summed E-state index contributed by atoms with van der Waals surface area (Å²) in [6.07, 6.45) is 5.15. The first-order valence-electron chi connectivity index (χ1n) is 5.78. The Morgan fingerprint density at radius 1 is 1.16 bits per heavy atom. The highest BCUT2D eigenvalue weighted by atomic mass is 16.4. The summed E-state index contributed by atoms with van der Waals surface area (Å²) in [5.74, 6) is -1.03. The number of carboxylic acid groups (broad SMARTS) is 1. The summed E-state index contributed by atoms with van der Waals surface area (Å²) in [5, 5.41) is 8.92. The molecule has 0 aromatic carbocycles. The first-order chi connectivity index (χ1) is 9.13. The Morgan fingerprint density at radius 3 is 2.63 bits per heavy atom. The van der Waals surface area contributed by atoms with E-state index < -0.39 is 5.97 Å². The molecule has 0 saturated carbocycles. The Hall–Kier alpha value is -2.69. The van der Waals surface area contributed by atoms with E-state index in [4.69, 9.17) is 5.11 Å². The molecule has 0 amide bonds. The third-order valence-electron chi connectivity index (χ3n) is 2.91. The number of aryl methyl sites for hydroxylation is 1. The molecule has 19 heavy (non-hydrogen) atoms. The molecule has 0 aliphatic heterocycles. The van der Waals surface area contributed by atoms with Gasteiger partial charge in [-0.25, -0.2) is 9.78 Å². The van der Waals surface area contributed by atoms with Crippen molar-refractivity contribution in [2.24, 2.45) is 0 Å². The minimum atomic E-state index is -1.03. The summed E-state index contributed by atoms with van der Waals surface area (Å²) in [4.78, 5) is 19.1. The molecule has 5 nitrogen and oxygen atoms in total. The van der Waals surface area contributed by atoms with Gasteiger partial charge in [0.05, 0.1) is 0 Å². The lowest BCUT2D eigenvalue weighted by Crippen LogP contribution is -1.94. The van der Waals surface area contributed by atoms with Crippen molar-refractivity contribution in [3.63, 3.8) is 0 Å². The van der Waals surface area contributed by atoms with Crippen molar-refractivity contribution in [2.45, 2.75) is 6.92 Å². The number of imidazole rings is 1. The third-order valence-corrected chi connectivity index (χ3v) is 2.91. The number of hydrogen-bond acceptors (Lipinski definition) is 3. The van der Waals surface area contributed by atoms with Crippen LogP contribution in [-0.2, 0) is 0 Å². The molecule has 3 aromatic rings. The largest absolute Gasteiger partial charge is 0.476 e. The molecule has 1 N–H and O–H groups in total. The van der Waals surface area contributed by atoms with Crippen LogP contribution >= 0.6 is 0 Å². The zero-order valence-electron chi connectivity index (χ0n) is 10.2. The Morgan fingerprint density at radius 2 is 1.95 bits per heavy atom. The second-order valence-electron chi connectivity index (χ2n) is 4.30. The SMILES string of the molecule is Cc1ccc(-c2ccc3nc(C(=O)O)cn3c2)cn1. The highest BCUT2D eigenvalue weighted by Gasteiger charge is 2.09. The minimum absolute atomic E-state index is 0.0409. The zero-order valence-corrected chi connectivity index (χ0v) is 10.2. The van der Waals surface area contributed by atoms with Gasteiger partial charge in [-0.2, -0.15) is 0 Å². The lowest BCUT2D eigenvalue weighted by molar-refractivity contribution is 0.0691. The summed E-state index contributed by atoms with van der Waals surface area (Å²) in [6.45, 7) is 1.93. The van der Waals surface area contributed by atoms with Gasteiger partial charge in [-0.05, 0) is 30.7 Å².